The molecular weight excluding hydrogens is 330 g/mol. The van der Waals surface area contributed by atoms with Crippen LogP contribution in [-0.4, -0.2) is 23.5 Å². The first kappa shape index (κ1) is 18.3. The van der Waals surface area contributed by atoms with Gasteiger partial charge in [0.1, 0.15) is 5.75 Å². The Kier molecular flexibility index (Phi) is 6.39. The van der Waals surface area contributed by atoms with Crippen molar-refractivity contribution in [1.82, 2.24) is 0 Å². The van der Waals surface area contributed by atoms with Crippen molar-refractivity contribution in [3.8, 4) is 5.75 Å². The number of hydrogen-bond acceptors (Lipinski definition) is 3. The molecule has 0 spiro atoms. The van der Waals surface area contributed by atoms with Crippen LogP contribution in [0.4, 0.5) is 8.78 Å². The lowest BCUT2D eigenvalue weighted by atomic mass is 10.1. The molecule has 0 radical (unpaired) electrons. The molecule has 0 unspecified atom stereocenters. The predicted octanol–water partition coefficient (Wildman–Crippen LogP) is 4.10. The third kappa shape index (κ3) is 5.53. The zero-order chi connectivity index (χ0) is 18.2. The first-order valence-electron chi connectivity index (χ1n) is 7.58. The van der Waals surface area contributed by atoms with Gasteiger partial charge < -0.3 is 9.84 Å². The van der Waals surface area contributed by atoms with Crippen LogP contribution in [0.3, 0.4) is 0 Å². The molecule has 0 saturated carbocycles. The molecule has 130 valence electrons. The number of hydrogen-bond donors (Lipinski definition) is 1. The van der Waals surface area contributed by atoms with E-state index in [2.05, 4.69) is 0 Å². The maximum absolute atomic E-state index is 13.5. The Morgan fingerprint density at radius 3 is 2.48 bits per heavy atom. The summed E-state index contributed by atoms with van der Waals surface area (Å²) in [6.45, 7) is 0.262. The maximum Gasteiger partial charge on any atom is 0.303 e. The van der Waals surface area contributed by atoms with E-state index in [4.69, 9.17) is 9.84 Å². The monoisotopic (exact) mass is 346 g/mol. The van der Waals surface area contributed by atoms with Crippen LogP contribution in [-0.2, 0) is 4.79 Å². The summed E-state index contributed by atoms with van der Waals surface area (Å²) in [7, 11) is 0. The number of halogens is 2. The first-order chi connectivity index (χ1) is 12.0. The summed E-state index contributed by atoms with van der Waals surface area (Å²) in [6, 6.07) is 10.00. The van der Waals surface area contributed by atoms with E-state index in [1.54, 1.807) is 24.3 Å². The summed E-state index contributed by atoms with van der Waals surface area (Å²) in [6.07, 6.45) is 2.80. The summed E-state index contributed by atoms with van der Waals surface area (Å²) in [5, 5.41) is 8.53. The molecular formula is C19H16F2O4. The minimum Gasteiger partial charge on any atom is -0.494 e. The zero-order valence-corrected chi connectivity index (χ0v) is 13.2. The zero-order valence-electron chi connectivity index (χ0n) is 13.2. The molecule has 0 bridgehead atoms. The van der Waals surface area contributed by atoms with Crippen LogP contribution < -0.4 is 4.74 Å². The predicted molar refractivity (Wildman–Crippen MR) is 88.5 cm³/mol. The Hall–Kier alpha value is -3.02. The maximum atomic E-state index is 13.5. The lowest BCUT2D eigenvalue weighted by molar-refractivity contribution is -0.137. The average molecular weight is 346 g/mol. The number of carbonyl (C=O) groups is 2. The smallest absolute Gasteiger partial charge is 0.303 e. The van der Waals surface area contributed by atoms with E-state index < -0.39 is 17.6 Å². The fourth-order valence-electron chi connectivity index (χ4n) is 2.04. The molecule has 1 N–H and O–H groups in total. The second-order valence-corrected chi connectivity index (χ2v) is 5.21. The number of benzene rings is 2. The fourth-order valence-corrected chi connectivity index (χ4v) is 2.04. The van der Waals surface area contributed by atoms with Crippen molar-refractivity contribution in [1.29, 1.82) is 0 Å². The van der Waals surface area contributed by atoms with Crippen LogP contribution >= 0.6 is 0 Å². The summed E-state index contributed by atoms with van der Waals surface area (Å²) >= 11 is 0. The highest BCUT2D eigenvalue weighted by Gasteiger charge is 2.06. The number of carboxylic acid groups (broad SMARTS) is 1. The molecule has 0 heterocycles. The van der Waals surface area contributed by atoms with Gasteiger partial charge >= 0.3 is 5.97 Å². The van der Waals surface area contributed by atoms with Gasteiger partial charge in [0.25, 0.3) is 0 Å². The minimum atomic E-state index is -1.00. The number of carbonyl (C=O) groups excluding carboxylic acids is 1. The van der Waals surface area contributed by atoms with E-state index in [1.165, 1.54) is 24.3 Å². The van der Waals surface area contributed by atoms with E-state index in [9.17, 15) is 18.4 Å². The van der Waals surface area contributed by atoms with Crippen molar-refractivity contribution >= 4 is 17.8 Å². The molecule has 0 aliphatic carbocycles. The molecule has 25 heavy (non-hydrogen) atoms. The normalized spacial score (nSPS) is 10.8. The van der Waals surface area contributed by atoms with Gasteiger partial charge in [0.15, 0.2) is 17.4 Å². The number of ether oxygens (including phenoxy) is 1. The Bertz CT molecular complexity index is 783. The highest BCUT2D eigenvalue weighted by atomic mass is 19.2. The molecule has 0 saturated heterocycles. The minimum absolute atomic E-state index is 0.00765. The van der Waals surface area contributed by atoms with Crippen molar-refractivity contribution in [2.24, 2.45) is 0 Å². The van der Waals surface area contributed by atoms with Crippen molar-refractivity contribution in [3.05, 3.63) is 71.3 Å². The molecule has 2 rings (SSSR count). The Morgan fingerprint density at radius 2 is 1.80 bits per heavy atom. The lowest BCUT2D eigenvalue weighted by Crippen LogP contribution is -2.02. The summed E-state index contributed by atoms with van der Waals surface area (Å²) < 4.78 is 32.0. The third-order valence-electron chi connectivity index (χ3n) is 3.34. The van der Waals surface area contributed by atoms with E-state index in [1.807, 2.05) is 0 Å². The van der Waals surface area contributed by atoms with Crippen LogP contribution in [0.1, 0.15) is 28.8 Å². The largest absolute Gasteiger partial charge is 0.494 e. The molecule has 4 nitrogen and oxygen atoms in total. The van der Waals surface area contributed by atoms with Crippen LogP contribution in [0.15, 0.2) is 48.5 Å². The van der Waals surface area contributed by atoms with Crippen molar-refractivity contribution < 1.29 is 28.2 Å². The molecule has 0 aliphatic rings. The van der Waals surface area contributed by atoms with E-state index in [0.29, 0.717) is 17.7 Å². The number of rotatable bonds is 8. The van der Waals surface area contributed by atoms with Crippen molar-refractivity contribution in [3.63, 3.8) is 0 Å². The van der Waals surface area contributed by atoms with Crippen LogP contribution in [0.5, 0.6) is 5.75 Å². The van der Waals surface area contributed by atoms with Crippen LogP contribution in [0.25, 0.3) is 6.08 Å². The molecule has 0 aromatic heterocycles. The van der Waals surface area contributed by atoms with Gasteiger partial charge in [-0.2, -0.15) is 0 Å². The summed E-state index contributed by atoms with van der Waals surface area (Å²) in [5.41, 5.74) is 0.359. The van der Waals surface area contributed by atoms with Gasteiger partial charge in [0.05, 0.1) is 6.61 Å². The number of aliphatic carboxylic acids is 1. The van der Waals surface area contributed by atoms with Gasteiger partial charge in [-0.25, -0.2) is 8.78 Å². The Morgan fingerprint density at radius 1 is 1.08 bits per heavy atom. The SMILES string of the molecule is O=C(O)CCCOc1ccc(C(=O)/C=C/c2cccc(F)c2F)cc1. The number of ketones is 1. The molecule has 0 aliphatic heterocycles. The van der Waals surface area contributed by atoms with Crippen LogP contribution in [0.2, 0.25) is 0 Å². The molecule has 0 amide bonds. The second-order valence-electron chi connectivity index (χ2n) is 5.21. The topological polar surface area (TPSA) is 63.6 Å². The number of carboxylic acids is 1. The van der Waals surface area contributed by atoms with Crippen LogP contribution in [0, 0.1) is 11.6 Å². The van der Waals surface area contributed by atoms with Gasteiger partial charge in [0, 0.05) is 17.5 Å². The quantitative estimate of drug-likeness (QED) is 0.444. The average Bonchev–Trinajstić information content (AvgIpc) is 2.60. The van der Waals surface area contributed by atoms with E-state index in [-0.39, 0.29) is 24.4 Å². The fraction of sp³-hybridized carbons (Fsp3) is 0.158. The van der Waals surface area contributed by atoms with Crippen molar-refractivity contribution in [2.75, 3.05) is 6.61 Å². The standard InChI is InChI=1S/C19H16F2O4/c20-16-4-1-3-14(19(16)21)8-11-17(22)13-6-9-15(10-7-13)25-12-2-5-18(23)24/h1,3-4,6-11H,2,5,12H2,(H,23,24)/b11-8+. The third-order valence-corrected chi connectivity index (χ3v) is 3.34. The molecule has 0 atom stereocenters. The molecule has 0 fully saturated rings. The van der Waals surface area contributed by atoms with Gasteiger partial charge in [0.2, 0.25) is 0 Å². The molecule has 2 aromatic carbocycles. The van der Waals surface area contributed by atoms with Gasteiger partial charge in [-0.1, -0.05) is 12.1 Å². The summed E-state index contributed by atoms with van der Waals surface area (Å²) in [5.74, 6) is -2.70. The van der Waals surface area contributed by atoms with Gasteiger partial charge in [-0.3, -0.25) is 9.59 Å². The Labute approximate surface area is 143 Å². The first-order valence-corrected chi connectivity index (χ1v) is 7.58. The van der Waals surface area contributed by atoms with E-state index in [0.717, 1.165) is 6.07 Å². The summed E-state index contributed by atoms with van der Waals surface area (Å²) in [4.78, 5) is 22.4. The molecule has 6 heteroatoms. The second kappa shape index (κ2) is 8.73. The van der Waals surface area contributed by atoms with Gasteiger partial charge in [-0.15, -0.1) is 0 Å². The number of allylic oxidation sites excluding steroid dienone is 1. The Balaban J connectivity index is 1.95. The van der Waals surface area contributed by atoms with Crippen molar-refractivity contribution in [2.45, 2.75) is 12.8 Å². The molecule has 2 aromatic rings. The highest BCUT2D eigenvalue weighted by molar-refractivity contribution is 6.06. The van der Waals surface area contributed by atoms with Gasteiger partial charge in [-0.05, 0) is 48.9 Å². The lowest BCUT2D eigenvalue weighted by Gasteiger charge is -2.05. The highest BCUT2D eigenvalue weighted by Crippen LogP contribution is 2.16. The van der Waals surface area contributed by atoms with E-state index >= 15 is 0 Å².